The van der Waals surface area contributed by atoms with Gasteiger partial charge in [0, 0.05) is 18.0 Å². The third-order valence-corrected chi connectivity index (χ3v) is 2.48. The highest BCUT2D eigenvalue weighted by Crippen LogP contribution is 2.16. The lowest BCUT2D eigenvalue weighted by Crippen LogP contribution is -2.30. The summed E-state index contributed by atoms with van der Waals surface area (Å²) in [4.78, 5) is 8.23. The number of pyridine rings is 2. The van der Waals surface area contributed by atoms with Crippen molar-refractivity contribution in [3.05, 3.63) is 41.3 Å². The van der Waals surface area contributed by atoms with Crippen LogP contribution in [-0.4, -0.2) is 27.1 Å². The summed E-state index contributed by atoms with van der Waals surface area (Å²) in [5.41, 5.74) is 1.86. The fourth-order valence-corrected chi connectivity index (χ4v) is 1.78. The molecule has 2 N–H and O–H groups in total. The second kappa shape index (κ2) is 4.73. The zero-order valence-electron chi connectivity index (χ0n) is 8.21. The molecule has 2 aromatic heterocycles. The SMILES string of the molecule is OB(O)c1cc(Br)nc(-c2cccnc2)c1. The molecule has 0 bridgehead atoms. The normalized spacial score (nSPS) is 10.2. The molecule has 0 saturated heterocycles. The molecular weight excluding hydrogens is 271 g/mol. The van der Waals surface area contributed by atoms with Crippen molar-refractivity contribution in [1.29, 1.82) is 0 Å². The molecule has 0 aliphatic rings. The van der Waals surface area contributed by atoms with E-state index >= 15 is 0 Å². The third-order valence-electron chi connectivity index (χ3n) is 2.07. The lowest BCUT2D eigenvalue weighted by Gasteiger charge is -2.05. The topological polar surface area (TPSA) is 66.2 Å². The summed E-state index contributed by atoms with van der Waals surface area (Å²) in [5, 5.41) is 18.2. The molecular formula is C10H8BBrN2O2. The van der Waals surface area contributed by atoms with Gasteiger partial charge in [0.25, 0.3) is 0 Å². The Hall–Kier alpha value is -1.24. The highest BCUT2D eigenvalue weighted by molar-refractivity contribution is 9.10. The second-order valence-corrected chi connectivity index (χ2v) is 4.04. The number of aromatic nitrogens is 2. The summed E-state index contributed by atoms with van der Waals surface area (Å²) < 4.78 is 0.553. The second-order valence-electron chi connectivity index (χ2n) is 3.22. The Balaban J connectivity index is 2.50. The van der Waals surface area contributed by atoms with Crippen LogP contribution in [-0.2, 0) is 0 Å². The first-order valence-corrected chi connectivity index (χ1v) is 5.40. The van der Waals surface area contributed by atoms with Crippen molar-refractivity contribution in [1.82, 2.24) is 9.97 Å². The van der Waals surface area contributed by atoms with Crippen LogP contribution in [0, 0.1) is 0 Å². The van der Waals surface area contributed by atoms with Gasteiger partial charge in [0.2, 0.25) is 0 Å². The van der Waals surface area contributed by atoms with Crippen molar-refractivity contribution in [3.8, 4) is 11.3 Å². The van der Waals surface area contributed by atoms with Gasteiger partial charge in [-0.3, -0.25) is 4.98 Å². The monoisotopic (exact) mass is 278 g/mol. The number of rotatable bonds is 2. The summed E-state index contributed by atoms with van der Waals surface area (Å²) >= 11 is 3.22. The molecule has 80 valence electrons. The lowest BCUT2D eigenvalue weighted by molar-refractivity contribution is 0.425. The number of nitrogens with zero attached hydrogens (tertiary/aromatic N) is 2. The first-order valence-electron chi connectivity index (χ1n) is 4.61. The van der Waals surface area contributed by atoms with E-state index in [1.54, 1.807) is 30.6 Å². The highest BCUT2D eigenvalue weighted by atomic mass is 79.9. The van der Waals surface area contributed by atoms with Crippen LogP contribution in [0.1, 0.15) is 0 Å². The van der Waals surface area contributed by atoms with E-state index in [4.69, 9.17) is 10.0 Å². The standard InChI is InChI=1S/C10H8BBrN2O2/c12-10-5-8(11(15)16)4-9(14-10)7-2-1-3-13-6-7/h1-6,15-16H. The van der Waals surface area contributed by atoms with Crippen LogP contribution in [0.25, 0.3) is 11.3 Å². The van der Waals surface area contributed by atoms with Gasteiger partial charge in [-0.15, -0.1) is 0 Å². The van der Waals surface area contributed by atoms with Crippen LogP contribution in [0.4, 0.5) is 0 Å². The zero-order chi connectivity index (χ0) is 11.5. The molecule has 0 aliphatic heterocycles. The summed E-state index contributed by atoms with van der Waals surface area (Å²) in [6, 6.07) is 6.83. The van der Waals surface area contributed by atoms with Crippen LogP contribution in [0.2, 0.25) is 0 Å². The Morgan fingerprint density at radius 3 is 2.69 bits per heavy atom. The van der Waals surface area contributed by atoms with E-state index in [2.05, 4.69) is 25.9 Å². The van der Waals surface area contributed by atoms with Gasteiger partial charge in [-0.2, -0.15) is 0 Å². The zero-order valence-corrected chi connectivity index (χ0v) is 9.79. The summed E-state index contributed by atoms with van der Waals surface area (Å²) in [7, 11) is -1.50. The molecule has 2 aromatic rings. The van der Waals surface area contributed by atoms with Crippen LogP contribution in [0.5, 0.6) is 0 Å². The Kier molecular flexibility index (Phi) is 3.33. The van der Waals surface area contributed by atoms with Crippen LogP contribution >= 0.6 is 15.9 Å². The molecule has 0 aliphatic carbocycles. The Bertz CT molecular complexity index is 493. The summed E-state index contributed by atoms with van der Waals surface area (Å²) in [6.07, 6.45) is 3.34. The molecule has 0 unspecified atom stereocenters. The Morgan fingerprint density at radius 2 is 2.06 bits per heavy atom. The Morgan fingerprint density at radius 1 is 1.25 bits per heavy atom. The molecule has 16 heavy (non-hydrogen) atoms. The average Bonchev–Trinajstić information content (AvgIpc) is 2.29. The molecule has 2 heterocycles. The molecule has 0 amide bonds. The molecule has 0 saturated carbocycles. The van der Waals surface area contributed by atoms with E-state index in [9.17, 15) is 0 Å². The van der Waals surface area contributed by atoms with Crippen LogP contribution < -0.4 is 5.46 Å². The van der Waals surface area contributed by atoms with Gasteiger partial charge in [-0.05, 0) is 45.7 Å². The Labute approximate surface area is 101 Å². The minimum absolute atomic E-state index is 0.390. The lowest BCUT2D eigenvalue weighted by atomic mass is 9.80. The van der Waals surface area contributed by atoms with Crippen LogP contribution in [0.3, 0.4) is 0 Å². The maximum absolute atomic E-state index is 9.11. The van der Waals surface area contributed by atoms with Crippen LogP contribution in [0.15, 0.2) is 41.3 Å². The maximum atomic E-state index is 9.11. The van der Waals surface area contributed by atoms with Gasteiger partial charge >= 0.3 is 7.12 Å². The third kappa shape index (κ3) is 2.47. The maximum Gasteiger partial charge on any atom is 0.488 e. The van der Waals surface area contributed by atoms with Gasteiger partial charge in [-0.25, -0.2) is 4.98 Å². The molecule has 0 aromatic carbocycles. The fraction of sp³-hybridized carbons (Fsp3) is 0. The van der Waals surface area contributed by atoms with Gasteiger partial charge in [-0.1, -0.05) is 0 Å². The molecule has 0 fully saturated rings. The van der Waals surface area contributed by atoms with Crippen molar-refractivity contribution in [2.75, 3.05) is 0 Å². The van der Waals surface area contributed by atoms with Crippen molar-refractivity contribution in [3.63, 3.8) is 0 Å². The smallest absolute Gasteiger partial charge is 0.423 e. The van der Waals surface area contributed by atoms with E-state index in [0.29, 0.717) is 15.8 Å². The predicted molar refractivity (Wildman–Crippen MR) is 65.0 cm³/mol. The van der Waals surface area contributed by atoms with E-state index in [-0.39, 0.29) is 0 Å². The quantitative estimate of drug-likeness (QED) is 0.623. The molecule has 2 rings (SSSR count). The summed E-state index contributed by atoms with van der Waals surface area (Å²) in [6.45, 7) is 0. The minimum Gasteiger partial charge on any atom is -0.423 e. The van der Waals surface area contributed by atoms with Crippen molar-refractivity contribution in [2.24, 2.45) is 0 Å². The number of halogens is 1. The minimum atomic E-state index is -1.50. The fourth-order valence-electron chi connectivity index (χ4n) is 1.33. The molecule has 0 spiro atoms. The van der Waals surface area contributed by atoms with E-state index in [1.807, 2.05) is 6.07 Å². The van der Waals surface area contributed by atoms with Gasteiger partial charge < -0.3 is 10.0 Å². The molecule has 0 atom stereocenters. The van der Waals surface area contributed by atoms with Crippen molar-refractivity contribution < 1.29 is 10.0 Å². The number of hydrogen-bond acceptors (Lipinski definition) is 4. The van der Waals surface area contributed by atoms with Crippen molar-refractivity contribution in [2.45, 2.75) is 0 Å². The van der Waals surface area contributed by atoms with Gasteiger partial charge in [0.15, 0.2) is 0 Å². The van der Waals surface area contributed by atoms with E-state index in [0.717, 1.165) is 5.56 Å². The average molecular weight is 279 g/mol. The largest absolute Gasteiger partial charge is 0.488 e. The molecule has 6 heteroatoms. The molecule has 4 nitrogen and oxygen atoms in total. The highest BCUT2D eigenvalue weighted by Gasteiger charge is 2.13. The van der Waals surface area contributed by atoms with Crippen molar-refractivity contribution >= 4 is 28.5 Å². The van der Waals surface area contributed by atoms with Gasteiger partial charge in [0.05, 0.1) is 5.69 Å². The van der Waals surface area contributed by atoms with E-state index in [1.165, 1.54) is 0 Å². The summed E-state index contributed by atoms with van der Waals surface area (Å²) in [5.74, 6) is 0. The first kappa shape index (κ1) is 11.3. The number of hydrogen-bond donors (Lipinski definition) is 2. The first-order chi connectivity index (χ1) is 7.66. The van der Waals surface area contributed by atoms with Gasteiger partial charge in [0.1, 0.15) is 4.60 Å². The predicted octanol–water partition coefficient (Wildman–Crippen LogP) is 0.586. The molecule has 0 radical (unpaired) electrons. The van der Waals surface area contributed by atoms with E-state index < -0.39 is 7.12 Å².